The molecule has 1 aromatic rings. The molecule has 0 radical (unpaired) electrons. The first-order chi connectivity index (χ1) is 11.3. The lowest BCUT2D eigenvalue weighted by molar-refractivity contribution is -0.126. The molecule has 2 rings (SSSR count). The van der Waals surface area contributed by atoms with Crippen LogP contribution < -0.4 is 5.32 Å². The van der Waals surface area contributed by atoms with Crippen molar-refractivity contribution in [3.05, 3.63) is 22.4 Å². The van der Waals surface area contributed by atoms with Gasteiger partial charge in [-0.15, -0.1) is 11.3 Å². The Kier molecular flexibility index (Phi) is 8.64. The molecule has 4 nitrogen and oxygen atoms in total. The van der Waals surface area contributed by atoms with E-state index in [1.807, 2.05) is 0 Å². The van der Waals surface area contributed by atoms with Crippen LogP contribution in [-0.2, 0) is 16.0 Å². The zero-order valence-corrected chi connectivity index (χ0v) is 15.1. The molecule has 1 saturated heterocycles. The lowest BCUT2D eigenvalue weighted by Crippen LogP contribution is -2.41. The standard InChI is InChI=1S/C18H30N2O2S/c1-22-14-4-2-3-11-20-12-8-16(9-13-20)18(21)19-10-7-17-6-5-15-23-17/h5-6,15-16H,2-4,7-14H2,1H3,(H,19,21). The topological polar surface area (TPSA) is 41.6 Å². The van der Waals surface area contributed by atoms with Gasteiger partial charge in [0, 0.05) is 31.1 Å². The summed E-state index contributed by atoms with van der Waals surface area (Å²) in [6, 6.07) is 4.19. The minimum Gasteiger partial charge on any atom is -0.385 e. The third kappa shape index (κ3) is 7.02. The maximum absolute atomic E-state index is 12.2. The van der Waals surface area contributed by atoms with Gasteiger partial charge in [-0.3, -0.25) is 4.79 Å². The Hall–Kier alpha value is -0.910. The molecule has 1 aliphatic heterocycles. The van der Waals surface area contributed by atoms with Crippen molar-refractivity contribution in [2.45, 2.75) is 38.5 Å². The molecule has 0 saturated carbocycles. The van der Waals surface area contributed by atoms with Crippen LogP contribution in [0.5, 0.6) is 0 Å². The van der Waals surface area contributed by atoms with E-state index in [-0.39, 0.29) is 11.8 Å². The quantitative estimate of drug-likeness (QED) is 0.667. The SMILES string of the molecule is COCCCCCN1CCC(C(=O)NCCc2cccs2)CC1. The molecule has 1 amide bonds. The Morgan fingerprint density at radius 1 is 1.35 bits per heavy atom. The number of ether oxygens (including phenoxy) is 1. The Balaban J connectivity index is 1.53. The number of hydrogen-bond donors (Lipinski definition) is 1. The maximum Gasteiger partial charge on any atom is 0.223 e. The van der Waals surface area contributed by atoms with E-state index in [4.69, 9.17) is 4.74 Å². The molecule has 130 valence electrons. The fourth-order valence-corrected chi connectivity index (χ4v) is 3.79. The zero-order valence-electron chi connectivity index (χ0n) is 14.3. The van der Waals surface area contributed by atoms with Crippen molar-refractivity contribution in [2.24, 2.45) is 5.92 Å². The summed E-state index contributed by atoms with van der Waals surface area (Å²) in [7, 11) is 1.76. The fraction of sp³-hybridized carbons (Fsp3) is 0.722. The average Bonchev–Trinajstić information content (AvgIpc) is 3.08. The highest BCUT2D eigenvalue weighted by Gasteiger charge is 2.24. The Morgan fingerprint density at radius 2 is 2.17 bits per heavy atom. The normalized spacial score (nSPS) is 16.6. The minimum atomic E-state index is 0.211. The molecule has 2 heterocycles. The van der Waals surface area contributed by atoms with E-state index < -0.39 is 0 Å². The van der Waals surface area contributed by atoms with Crippen molar-refractivity contribution in [3.8, 4) is 0 Å². The van der Waals surface area contributed by atoms with Crippen LogP contribution in [0.15, 0.2) is 17.5 Å². The van der Waals surface area contributed by atoms with Crippen molar-refractivity contribution in [2.75, 3.05) is 39.9 Å². The van der Waals surface area contributed by atoms with Gasteiger partial charge in [-0.25, -0.2) is 0 Å². The van der Waals surface area contributed by atoms with Crippen molar-refractivity contribution >= 4 is 17.2 Å². The molecule has 23 heavy (non-hydrogen) atoms. The molecule has 0 aliphatic carbocycles. The van der Waals surface area contributed by atoms with E-state index in [1.165, 1.54) is 17.7 Å². The number of carbonyl (C=O) groups excluding carboxylic acids is 1. The van der Waals surface area contributed by atoms with Crippen LogP contribution in [0.4, 0.5) is 0 Å². The summed E-state index contributed by atoms with van der Waals surface area (Å²) in [5.74, 6) is 0.462. The van der Waals surface area contributed by atoms with Crippen LogP contribution in [-0.4, -0.2) is 50.7 Å². The van der Waals surface area contributed by atoms with Crippen molar-refractivity contribution < 1.29 is 9.53 Å². The summed E-state index contributed by atoms with van der Waals surface area (Å²) in [5.41, 5.74) is 0. The monoisotopic (exact) mass is 338 g/mol. The van der Waals surface area contributed by atoms with E-state index in [0.717, 1.165) is 58.5 Å². The molecule has 0 atom stereocenters. The first kappa shape index (κ1) is 18.4. The van der Waals surface area contributed by atoms with Crippen LogP contribution in [0.3, 0.4) is 0 Å². The number of thiophene rings is 1. The first-order valence-electron chi connectivity index (χ1n) is 8.81. The van der Waals surface area contributed by atoms with Crippen LogP contribution in [0.2, 0.25) is 0 Å². The summed E-state index contributed by atoms with van der Waals surface area (Å²) >= 11 is 1.76. The number of likely N-dealkylation sites (tertiary alicyclic amines) is 1. The average molecular weight is 339 g/mol. The van der Waals surface area contributed by atoms with Crippen molar-refractivity contribution in [3.63, 3.8) is 0 Å². The van der Waals surface area contributed by atoms with E-state index in [0.29, 0.717) is 0 Å². The van der Waals surface area contributed by atoms with Gasteiger partial charge in [0.05, 0.1) is 0 Å². The summed E-state index contributed by atoms with van der Waals surface area (Å²) in [6.07, 6.45) is 6.58. The smallest absolute Gasteiger partial charge is 0.223 e. The molecule has 1 N–H and O–H groups in total. The van der Waals surface area contributed by atoms with Gasteiger partial charge in [-0.05, 0) is 69.6 Å². The molecule has 5 heteroatoms. The second-order valence-electron chi connectivity index (χ2n) is 6.29. The maximum atomic E-state index is 12.2. The highest BCUT2D eigenvalue weighted by atomic mass is 32.1. The largest absolute Gasteiger partial charge is 0.385 e. The Labute approximate surface area is 144 Å². The second kappa shape index (κ2) is 10.8. The highest BCUT2D eigenvalue weighted by Crippen LogP contribution is 2.18. The van der Waals surface area contributed by atoms with Crippen LogP contribution >= 0.6 is 11.3 Å². The third-order valence-corrected chi connectivity index (χ3v) is 5.47. The number of rotatable bonds is 10. The lowest BCUT2D eigenvalue weighted by Gasteiger charge is -2.31. The predicted octanol–water partition coefficient (Wildman–Crippen LogP) is 2.94. The van der Waals surface area contributed by atoms with Gasteiger partial charge in [0.2, 0.25) is 5.91 Å². The molecule has 0 spiro atoms. The number of nitrogens with zero attached hydrogens (tertiary/aromatic N) is 1. The number of methoxy groups -OCH3 is 1. The van der Waals surface area contributed by atoms with Gasteiger partial charge in [0.1, 0.15) is 0 Å². The van der Waals surface area contributed by atoms with E-state index in [1.54, 1.807) is 18.4 Å². The number of unbranched alkanes of at least 4 members (excludes halogenated alkanes) is 2. The van der Waals surface area contributed by atoms with Gasteiger partial charge in [0.15, 0.2) is 0 Å². The molecule has 0 bridgehead atoms. The Bertz CT molecular complexity index is 428. The molecular formula is C18H30N2O2S. The second-order valence-corrected chi connectivity index (χ2v) is 7.32. The Morgan fingerprint density at radius 3 is 2.87 bits per heavy atom. The van der Waals surface area contributed by atoms with Crippen LogP contribution in [0.25, 0.3) is 0 Å². The minimum absolute atomic E-state index is 0.211. The first-order valence-corrected chi connectivity index (χ1v) is 9.69. The fourth-order valence-electron chi connectivity index (χ4n) is 3.09. The van der Waals surface area contributed by atoms with Crippen molar-refractivity contribution in [1.82, 2.24) is 10.2 Å². The van der Waals surface area contributed by atoms with Gasteiger partial charge in [0.25, 0.3) is 0 Å². The zero-order chi connectivity index (χ0) is 16.3. The molecule has 1 fully saturated rings. The van der Waals surface area contributed by atoms with Gasteiger partial charge in [-0.2, -0.15) is 0 Å². The number of carbonyl (C=O) groups is 1. The number of hydrogen-bond acceptors (Lipinski definition) is 4. The van der Waals surface area contributed by atoms with E-state index in [2.05, 4.69) is 27.7 Å². The molecule has 0 aromatic carbocycles. The van der Waals surface area contributed by atoms with Gasteiger partial charge in [-0.1, -0.05) is 6.07 Å². The van der Waals surface area contributed by atoms with Crippen LogP contribution in [0.1, 0.15) is 37.0 Å². The molecule has 1 aromatic heterocycles. The number of piperidine rings is 1. The van der Waals surface area contributed by atoms with Gasteiger partial charge >= 0.3 is 0 Å². The summed E-state index contributed by atoms with van der Waals surface area (Å²) < 4.78 is 5.07. The van der Waals surface area contributed by atoms with Crippen LogP contribution in [0, 0.1) is 5.92 Å². The van der Waals surface area contributed by atoms with E-state index in [9.17, 15) is 4.79 Å². The van der Waals surface area contributed by atoms with E-state index >= 15 is 0 Å². The predicted molar refractivity (Wildman–Crippen MR) is 95.9 cm³/mol. The summed E-state index contributed by atoms with van der Waals surface area (Å²) in [5, 5.41) is 5.19. The summed E-state index contributed by atoms with van der Waals surface area (Å²) in [6.45, 7) is 4.92. The molecular weight excluding hydrogens is 308 g/mol. The van der Waals surface area contributed by atoms with Crippen molar-refractivity contribution in [1.29, 1.82) is 0 Å². The molecule has 0 unspecified atom stereocenters. The number of nitrogens with one attached hydrogen (secondary N) is 1. The lowest BCUT2D eigenvalue weighted by atomic mass is 9.95. The molecule has 1 aliphatic rings. The van der Waals surface area contributed by atoms with Gasteiger partial charge < -0.3 is 15.0 Å². The highest BCUT2D eigenvalue weighted by molar-refractivity contribution is 7.09. The third-order valence-electron chi connectivity index (χ3n) is 4.53. The summed E-state index contributed by atoms with van der Waals surface area (Å²) in [4.78, 5) is 16.1. The number of amides is 1.